The number of ether oxygens (including phenoxy) is 2. The maximum atomic E-state index is 13.7. The molecule has 1 aromatic heterocycles. The number of anilines is 1. The van der Waals surface area contributed by atoms with E-state index in [0.717, 1.165) is 27.1 Å². The number of rotatable bonds is 6. The SMILES string of the molecule is CCOC(=O)c1ccc(N2C(=O)/C(=C\c3cc(C)n(-c4cccc(Br)c4)c3C)C(C(=O)OC)=C2C)cc1. The maximum Gasteiger partial charge on any atom is 0.340 e. The van der Waals surface area contributed by atoms with E-state index in [1.807, 2.05) is 44.2 Å². The van der Waals surface area contributed by atoms with Crippen LogP contribution in [0.3, 0.4) is 0 Å². The van der Waals surface area contributed by atoms with E-state index < -0.39 is 11.9 Å². The van der Waals surface area contributed by atoms with Gasteiger partial charge in [0.15, 0.2) is 0 Å². The quantitative estimate of drug-likeness (QED) is 0.275. The molecule has 0 bridgehead atoms. The Bertz CT molecular complexity index is 1460. The Morgan fingerprint density at radius 3 is 2.30 bits per heavy atom. The molecule has 3 aromatic rings. The lowest BCUT2D eigenvalue weighted by atomic mass is 10.0. The molecule has 0 unspecified atom stereocenters. The van der Waals surface area contributed by atoms with E-state index in [0.29, 0.717) is 16.9 Å². The number of carbonyl (C=O) groups excluding carboxylic acids is 3. The third kappa shape index (κ3) is 4.89. The summed E-state index contributed by atoms with van der Waals surface area (Å²) in [5.74, 6) is -1.39. The van der Waals surface area contributed by atoms with Crippen LogP contribution in [-0.2, 0) is 19.1 Å². The highest BCUT2D eigenvalue weighted by Gasteiger charge is 2.38. The first-order valence-electron chi connectivity index (χ1n) is 11.8. The fourth-order valence-electron chi connectivity index (χ4n) is 4.55. The second kappa shape index (κ2) is 10.6. The van der Waals surface area contributed by atoms with Gasteiger partial charge in [0, 0.05) is 32.9 Å². The summed E-state index contributed by atoms with van der Waals surface area (Å²) in [7, 11) is 1.29. The molecule has 0 saturated heterocycles. The monoisotopic (exact) mass is 562 g/mol. The molecular formula is C29H27BrN2O5. The number of esters is 2. The molecule has 7 nitrogen and oxygen atoms in total. The van der Waals surface area contributed by atoms with Crippen LogP contribution >= 0.6 is 15.9 Å². The summed E-state index contributed by atoms with van der Waals surface area (Å²) in [6, 6.07) is 16.4. The highest BCUT2D eigenvalue weighted by Crippen LogP contribution is 2.36. The fourth-order valence-corrected chi connectivity index (χ4v) is 4.94. The molecule has 0 fully saturated rings. The van der Waals surface area contributed by atoms with Crippen molar-refractivity contribution in [2.24, 2.45) is 0 Å². The van der Waals surface area contributed by atoms with Crippen LogP contribution in [0, 0.1) is 13.8 Å². The Labute approximate surface area is 224 Å². The number of methoxy groups -OCH3 is 1. The lowest BCUT2D eigenvalue weighted by Crippen LogP contribution is -2.24. The summed E-state index contributed by atoms with van der Waals surface area (Å²) < 4.78 is 13.1. The van der Waals surface area contributed by atoms with E-state index >= 15 is 0 Å². The molecule has 0 N–H and O–H groups in total. The Morgan fingerprint density at radius 1 is 0.973 bits per heavy atom. The molecule has 0 radical (unpaired) electrons. The van der Waals surface area contributed by atoms with Crippen molar-refractivity contribution in [2.75, 3.05) is 18.6 Å². The molecule has 0 saturated carbocycles. The molecule has 4 rings (SSSR count). The van der Waals surface area contributed by atoms with Crippen molar-refractivity contribution in [2.45, 2.75) is 27.7 Å². The Hall–Kier alpha value is -3.91. The van der Waals surface area contributed by atoms with Crippen LogP contribution < -0.4 is 4.90 Å². The number of allylic oxidation sites excluding steroid dienone is 1. The van der Waals surface area contributed by atoms with Crippen molar-refractivity contribution < 1.29 is 23.9 Å². The van der Waals surface area contributed by atoms with Crippen LogP contribution in [0.15, 0.2) is 75.9 Å². The van der Waals surface area contributed by atoms with Gasteiger partial charge in [0.1, 0.15) is 0 Å². The molecule has 2 aromatic carbocycles. The normalized spacial score (nSPS) is 14.5. The number of hydrogen-bond donors (Lipinski definition) is 0. The van der Waals surface area contributed by atoms with Gasteiger partial charge in [-0.25, -0.2) is 9.59 Å². The second-order valence-electron chi connectivity index (χ2n) is 8.56. The zero-order valence-corrected chi connectivity index (χ0v) is 22.9. The second-order valence-corrected chi connectivity index (χ2v) is 9.48. The molecule has 2 heterocycles. The lowest BCUT2D eigenvalue weighted by Gasteiger charge is -2.18. The van der Waals surface area contributed by atoms with Crippen LogP contribution in [0.5, 0.6) is 0 Å². The number of aryl methyl sites for hydroxylation is 1. The Kier molecular flexibility index (Phi) is 7.50. The Balaban J connectivity index is 1.78. The average Bonchev–Trinajstić information content (AvgIpc) is 3.29. The van der Waals surface area contributed by atoms with Gasteiger partial charge < -0.3 is 14.0 Å². The molecule has 0 spiro atoms. The van der Waals surface area contributed by atoms with Crippen LogP contribution in [0.25, 0.3) is 11.8 Å². The largest absolute Gasteiger partial charge is 0.465 e. The van der Waals surface area contributed by atoms with Crippen LogP contribution in [0.2, 0.25) is 0 Å². The topological polar surface area (TPSA) is 77.8 Å². The lowest BCUT2D eigenvalue weighted by molar-refractivity contribution is -0.136. The minimum Gasteiger partial charge on any atom is -0.465 e. The van der Waals surface area contributed by atoms with Crippen LogP contribution in [-0.4, -0.2) is 36.1 Å². The molecule has 190 valence electrons. The maximum absolute atomic E-state index is 13.7. The molecule has 8 heteroatoms. The van der Waals surface area contributed by atoms with E-state index in [4.69, 9.17) is 9.47 Å². The Morgan fingerprint density at radius 2 is 1.68 bits per heavy atom. The molecule has 1 aliphatic rings. The summed E-state index contributed by atoms with van der Waals surface area (Å²) in [6.45, 7) is 7.68. The number of hydrogen-bond acceptors (Lipinski definition) is 5. The van der Waals surface area contributed by atoms with Crippen molar-refractivity contribution in [3.63, 3.8) is 0 Å². The van der Waals surface area contributed by atoms with Crippen molar-refractivity contribution in [3.8, 4) is 5.69 Å². The highest BCUT2D eigenvalue weighted by atomic mass is 79.9. The van der Waals surface area contributed by atoms with Gasteiger partial charge >= 0.3 is 11.9 Å². The molecule has 37 heavy (non-hydrogen) atoms. The average molecular weight is 563 g/mol. The van der Waals surface area contributed by atoms with Crippen molar-refractivity contribution in [3.05, 3.63) is 98.4 Å². The number of benzene rings is 2. The smallest absolute Gasteiger partial charge is 0.340 e. The summed E-state index contributed by atoms with van der Waals surface area (Å²) in [5.41, 5.74) is 5.51. The molecular weight excluding hydrogens is 536 g/mol. The molecule has 0 atom stereocenters. The molecule has 1 aliphatic heterocycles. The van der Waals surface area contributed by atoms with E-state index in [1.54, 1.807) is 44.2 Å². The summed E-state index contributed by atoms with van der Waals surface area (Å²) >= 11 is 3.52. The minimum absolute atomic E-state index is 0.203. The van der Waals surface area contributed by atoms with E-state index in [-0.39, 0.29) is 23.7 Å². The van der Waals surface area contributed by atoms with Crippen LogP contribution in [0.4, 0.5) is 5.69 Å². The zero-order chi connectivity index (χ0) is 26.9. The summed E-state index contributed by atoms with van der Waals surface area (Å²) in [4.78, 5) is 40.0. The molecule has 1 amide bonds. The first kappa shape index (κ1) is 26.2. The van der Waals surface area contributed by atoms with E-state index in [9.17, 15) is 14.4 Å². The van der Waals surface area contributed by atoms with Gasteiger partial charge in [0.05, 0.1) is 30.4 Å². The summed E-state index contributed by atoms with van der Waals surface area (Å²) in [5, 5.41) is 0. The van der Waals surface area contributed by atoms with Gasteiger partial charge in [-0.3, -0.25) is 9.69 Å². The van der Waals surface area contributed by atoms with E-state index in [1.165, 1.54) is 12.0 Å². The minimum atomic E-state index is -0.594. The van der Waals surface area contributed by atoms with Crippen molar-refractivity contribution in [1.82, 2.24) is 4.57 Å². The first-order valence-corrected chi connectivity index (χ1v) is 12.5. The highest BCUT2D eigenvalue weighted by molar-refractivity contribution is 9.10. The number of carbonyl (C=O) groups is 3. The van der Waals surface area contributed by atoms with Gasteiger partial charge in [0.2, 0.25) is 0 Å². The van der Waals surface area contributed by atoms with Crippen molar-refractivity contribution >= 4 is 45.5 Å². The van der Waals surface area contributed by atoms with Gasteiger partial charge in [-0.05, 0) is 87.9 Å². The number of halogens is 1. The fraction of sp³-hybridized carbons (Fsp3) is 0.207. The number of amides is 1. The van der Waals surface area contributed by atoms with Crippen LogP contribution in [0.1, 0.15) is 41.2 Å². The zero-order valence-electron chi connectivity index (χ0n) is 21.3. The third-order valence-electron chi connectivity index (χ3n) is 6.26. The number of aromatic nitrogens is 1. The van der Waals surface area contributed by atoms with Gasteiger partial charge in [-0.1, -0.05) is 22.0 Å². The van der Waals surface area contributed by atoms with Crippen molar-refractivity contribution in [1.29, 1.82) is 0 Å². The van der Waals surface area contributed by atoms with E-state index in [2.05, 4.69) is 20.5 Å². The third-order valence-corrected chi connectivity index (χ3v) is 6.76. The predicted octanol–water partition coefficient (Wildman–Crippen LogP) is 5.91. The predicted molar refractivity (Wildman–Crippen MR) is 146 cm³/mol. The van der Waals surface area contributed by atoms with Gasteiger partial charge in [0.25, 0.3) is 5.91 Å². The standard InChI is InChI=1S/C29H27BrN2O5/c1-6-37-28(34)20-10-12-23(13-11-20)32-19(4)26(29(35)36-5)25(27(32)33)15-21-14-17(2)31(18(21)3)24-9-7-8-22(30)16-24/h7-16H,6H2,1-5H3/b25-15-. The first-order chi connectivity index (χ1) is 17.7. The summed E-state index contributed by atoms with van der Waals surface area (Å²) in [6.07, 6.45) is 1.74. The van der Waals surface area contributed by atoms with Gasteiger partial charge in [-0.2, -0.15) is 0 Å². The molecule has 0 aliphatic carbocycles. The van der Waals surface area contributed by atoms with Gasteiger partial charge in [-0.15, -0.1) is 0 Å². The number of nitrogens with zero attached hydrogens (tertiary/aromatic N) is 2.